The maximum Gasteiger partial charge on any atom is 0.323 e. The van der Waals surface area contributed by atoms with Crippen LogP contribution in [-0.2, 0) is 28.6 Å². The molecule has 324 valence electrons. The maximum atomic E-state index is 12.9. The van der Waals surface area contributed by atoms with E-state index in [0.717, 1.165) is 95.8 Å². The van der Waals surface area contributed by atoms with Gasteiger partial charge >= 0.3 is 17.9 Å². The third-order valence-electron chi connectivity index (χ3n) is 11.2. The van der Waals surface area contributed by atoms with Crippen molar-refractivity contribution in [2.24, 2.45) is 5.92 Å². The van der Waals surface area contributed by atoms with Crippen molar-refractivity contribution in [2.45, 2.75) is 251 Å². The van der Waals surface area contributed by atoms with Crippen LogP contribution in [0.3, 0.4) is 0 Å². The molecule has 8 nitrogen and oxygen atoms in total. The highest BCUT2D eigenvalue weighted by Gasteiger charge is 2.36. The van der Waals surface area contributed by atoms with Crippen molar-refractivity contribution in [1.82, 2.24) is 4.90 Å². The first-order chi connectivity index (χ1) is 26.8. The number of likely N-dealkylation sites (tertiary alicyclic amines) is 1. The van der Waals surface area contributed by atoms with E-state index in [1.807, 2.05) is 4.90 Å². The minimum absolute atomic E-state index is 0.0409. The minimum Gasteiger partial charge on any atom is -0.466 e. The third kappa shape index (κ3) is 31.1. The summed E-state index contributed by atoms with van der Waals surface area (Å²) in [4.78, 5) is 39.7. The number of esters is 3. The van der Waals surface area contributed by atoms with Crippen LogP contribution < -0.4 is 0 Å². The molecule has 1 heterocycles. The lowest BCUT2D eigenvalue weighted by molar-refractivity contribution is -0.150. The monoisotopic (exact) mass is 780 g/mol. The fourth-order valence-corrected chi connectivity index (χ4v) is 7.73. The summed E-state index contributed by atoms with van der Waals surface area (Å²) in [6, 6.07) is -0.396. The Hall–Kier alpha value is -1.67. The van der Waals surface area contributed by atoms with Crippen LogP contribution in [0, 0.1) is 5.92 Å². The van der Waals surface area contributed by atoms with Gasteiger partial charge in [-0.2, -0.15) is 0 Å². The van der Waals surface area contributed by atoms with Gasteiger partial charge in [-0.05, 0) is 70.3 Å². The second-order valence-corrected chi connectivity index (χ2v) is 17.1. The largest absolute Gasteiger partial charge is 0.466 e. The molecule has 0 saturated carbocycles. The molecule has 0 aromatic carbocycles. The molecule has 0 bridgehead atoms. The lowest BCUT2D eigenvalue weighted by atomic mass is 10.0. The van der Waals surface area contributed by atoms with Gasteiger partial charge in [-0.15, -0.1) is 0 Å². The number of nitrogens with zero attached hydrogens (tertiary/aromatic N) is 1. The highest BCUT2D eigenvalue weighted by molar-refractivity contribution is 5.76. The van der Waals surface area contributed by atoms with Gasteiger partial charge in [0.2, 0.25) is 0 Å². The molecular weight excluding hydrogens is 691 g/mol. The summed E-state index contributed by atoms with van der Waals surface area (Å²) in [5.74, 6) is 0.398. The van der Waals surface area contributed by atoms with Crippen LogP contribution >= 0.6 is 0 Å². The molecule has 0 aromatic heterocycles. The molecule has 0 radical (unpaired) electrons. The molecule has 1 rings (SSSR count). The molecule has 2 atom stereocenters. The van der Waals surface area contributed by atoms with E-state index in [1.54, 1.807) is 0 Å². The number of aliphatic hydroxyl groups is 1. The predicted molar refractivity (Wildman–Crippen MR) is 227 cm³/mol. The van der Waals surface area contributed by atoms with Gasteiger partial charge in [0, 0.05) is 25.8 Å². The zero-order valence-corrected chi connectivity index (χ0v) is 36.6. The van der Waals surface area contributed by atoms with Crippen LogP contribution in [0.1, 0.15) is 233 Å². The van der Waals surface area contributed by atoms with Crippen molar-refractivity contribution in [3.63, 3.8) is 0 Å². The number of β-amino-alcohol motifs (C(OH)–C–C–N with tert-alkyl or cyclic N) is 1. The van der Waals surface area contributed by atoms with Gasteiger partial charge in [-0.25, -0.2) is 0 Å². The fraction of sp³-hybridized carbons (Fsp3) is 0.936. The van der Waals surface area contributed by atoms with Gasteiger partial charge in [-0.3, -0.25) is 19.3 Å². The molecule has 1 fully saturated rings. The number of ether oxygens (including phenoxy) is 3. The van der Waals surface area contributed by atoms with E-state index < -0.39 is 12.1 Å². The summed E-state index contributed by atoms with van der Waals surface area (Å²) in [6.07, 6.45) is 33.6. The Morgan fingerprint density at radius 2 is 1.02 bits per heavy atom. The van der Waals surface area contributed by atoms with E-state index in [4.69, 9.17) is 14.2 Å². The van der Waals surface area contributed by atoms with Crippen molar-refractivity contribution < 1.29 is 33.7 Å². The Balaban J connectivity index is 2.14. The van der Waals surface area contributed by atoms with Crippen LogP contribution in [0.5, 0.6) is 0 Å². The number of hydrogen-bond donors (Lipinski definition) is 1. The average molecular weight is 780 g/mol. The highest BCUT2D eigenvalue weighted by Crippen LogP contribution is 2.22. The Morgan fingerprint density at radius 1 is 0.564 bits per heavy atom. The number of carbonyl (C=O) groups excluding carboxylic acids is 3. The first kappa shape index (κ1) is 51.3. The van der Waals surface area contributed by atoms with E-state index in [-0.39, 0.29) is 24.0 Å². The van der Waals surface area contributed by atoms with Crippen molar-refractivity contribution in [2.75, 3.05) is 26.3 Å². The second kappa shape index (κ2) is 36.7. The molecule has 0 amide bonds. The summed E-state index contributed by atoms with van der Waals surface area (Å²) in [5, 5.41) is 10.3. The molecule has 8 heteroatoms. The number of aliphatic hydroxyl groups excluding tert-OH is 1. The Bertz CT molecular complexity index is 896. The lowest BCUT2D eigenvalue weighted by Crippen LogP contribution is -2.38. The number of unbranched alkanes of at least 4 members (excludes halogenated alkanes) is 21. The smallest absolute Gasteiger partial charge is 0.323 e. The first-order valence-electron chi connectivity index (χ1n) is 23.7. The zero-order valence-electron chi connectivity index (χ0n) is 36.6. The van der Waals surface area contributed by atoms with Crippen LogP contribution in [0.15, 0.2) is 0 Å². The average Bonchev–Trinajstić information content (AvgIpc) is 3.54. The molecule has 55 heavy (non-hydrogen) atoms. The quantitative estimate of drug-likeness (QED) is 0.0374. The molecule has 1 saturated heterocycles. The number of rotatable bonds is 39. The van der Waals surface area contributed by atoms with Crippen molar-refractivity contribution in [3.8, 4) is 0 Å². The van der Waals surface area contributed by atoms with E-state index >= 15 is 0 Å². The summed E-state index contributed by atoms with van der Waals surface area (Å²) in [6.45, 7) is 11.2. The summed E-state index contributed by atoms with van der Waals surface area (Å²) >= 11 is 0. The van der Waals surface area contributed by atoms with Crippen molar-refractivity contribution in [1.29, 1.82) is 0 Å². The van der Waals surface area contributed by atoms with Gasteiger partial charge < -0.3 is 19.3 Å². The van der Waals surface area contributed by atoms with Gasteiger partial charge in [0.1, 0.15) is 12.1 Å². The van der Waals surface area contributed by atoms with E-state index in [2.05, 4.69) is 27.7 Å². The molecule has 1 N–H and O–H groups in total. The van der Waals surface area contributed by atoms with Crippen LogP contribution in [0.4, 0.5) is 0 Å². The molecule has 0 aromatic rings. The molecule has 1 aliphatic heterocycles. The predicted octanol–water partition coefficient (Wildman–Crippen LogP) is 12.2. The lowest BCUT2D eigenvalue weighted by Gasteiger charge is -2.22. The van der Waals surface area contributed by atoms with E-state index in [0.29, 0.717) is 45.6 Å². The van der Waals surface area contributed by atoms with E-state index in [1.165, 1.54) is 96.3 Å². The summed E-state index contributed by atoms with van der Waals surface area (Å²) < 4.78 is 17.0. The molecule has 0 spiro atoms. The number of hydrogen-bond acceptors (Lipinski definition) is 8. The SMILES string of the molecule is CCCCCCCCC(CCCCCCCC)OC(=O)CCCCCCCOC(=O)[C@@H]1CC(O)CN1CCCCCC(=O)OCCCCCCCCC(C)C. The normalized spacial score (nSPS) is 16.0. The Morgan fingerprint density at radius 3 is 1.58 bits per heavy atom. The topological polar surface area (TPSA) is 102 Å². The van der Waals surface area contributed by atoms with Crippen molar-refractivity contribution >= 4 is 17.9 Å². The maximum absolute atomic E-state index is 12.9. The van der Waals surface area contributed by atoms with Crippen LogP contribution in [-0.4, -0.2) is 72.5 Å². The summed E-state index contributed by atoms with van der Waals surface area (Å²) in [7, 11) is 0. The molecule has 1 aliphatic rings. The first-order valence-corrected chi connectivity index (χ1v) is 23.7. The standard InChI is InChI=1S/C47H89NO7/c1-5-7-9-11-17-24-32-43(33-25-18-12-10-8-6-2)55-46(51)35-26-19-15-21-30-38-54-47(52)44-39-42(49)40-48(44)36-28-22-27-34-45(50)53-37-29-20-14-13-16-23-31-41(3)4/h41-44,49H,5-40H2,1-4H3/t42?,44-/m0/s1. The molecule has 0 aliphatic carbocycles. The highest BCUT2D eigenvalue weighted by atomic mass is 16.5. The Labute approximate surface area is 339 Å². The molecule has 1 unspecified atom stereocenters. The minimum atomic E-state index is -0.513. The van der Waals surface area contributed by atoms with Crippen LogP contribution in [0.2, 0.25) is 0 Å². The van der Waals surface area contributed by atoms with E-state index in [9.17, 15) is 19.5 Å². The number of carbonyl (C=O) groups is 3. The van der Waals surface area contributed by atoms with Gasteiger partial charge in [-0.1, -0.05) is 156 Å². The fourth-order valence-electron chi connectivity index (χ4n) is 7.73. The Kier molecular flexibility index (Phi) is 34.2. The van der Waals surface area contributed by atoms with Gasteiger partial charge in [0.05, 0.1) is 19.3 Å². The molecular formula is C47H89NO7. The second-order valence-electron chi connectivity index (χ2n) is 17.1. The van der Waals surface area contributed by atoms with Gasteiger partial charge in [0.15, 0.2) is 0 Å². The van der Waals surface area contributed by atoms with Crippen molar-refractivity contribution in [3.05, 3.63) is 0 Å². The van der Waals surface area contributed by atoms with Crippen LogP contribution in [0.25, 0.3) is 0 Å². The zero-order chi connectivity index (χ0) is 40.2. The third-order valence-corrected chi connectivity index (χ3v) is 11.2. The van der Waals surface area contributed by atoms with Gasteiger partial charge in [0.25, 0.3) is 0 Å². The summed E-state index contributed by atoms with van der Waals surface area (Å²) in [5.41, 5.74) is 0.